The van der Waals surface area contributed by atoms with Crippen LogP contribution in [0.4, 0.5) is 18.9 Å². The van der Waals surface area contributed by atoms with Crippen molar-refractivity contribution in [1.82, 2.24) is 5.32 Å². The van der Waals surface area contributed by atoms with Crippen LogP contribution in [0.25, 0.3) is 0 Å². The zero-order valence-electron chi connectivity index (χ0n) is 15.7. The second-order valence-electron chi connectivity index (χ2n) is 6.73. The smallest absolute Gasteiger partial charge is 0.352 e. The third-order valence-electron chi connectivity index (χ3n) is 4.53. The van der Waals surface area contributed by atoms with E-state index in [2.05, 4.69) is 5.32 Å². The predicted octanol–water partition coefficient (Wildman–Crippen LogP) is 6.45. The number of nitrogens with zero attached hydrogens (tertiary/aromatic N) is 1. The van der Waals surface area contributed by atoms with Crippen molar-refractivity contribution >= 4 is 40.4 Å². The standard InChI is InChI=1S/C22H17F3N2OS2/c23-22(24,25)9-3-10-26-21(28)14-6-7-19-17(12-14)27-20(15-8-11-29-13-15)16-4-1-2-5-18(16)30-19/h1-2,4-8,11-13H,3,9-10H2,(H,26,28). The highest BCUT2D eigenvalue weighted by atomic mass is 32.2. The number of halogens is 3. The Balaban J connectivity index is 1.61. The lowest BCUT2D eigenvalue weighted by Crippen LogP contribution is -2.25. The number of nitrogens with one attached hydrogen (secondary N) is 1. The second kappa shape index (κ2) is 8.65. The van der Waals surface area contributed by atoms with Gasteiger partial charge < -0.3 is 5.32 Å². The number of hydrogen-bond donors (Lipinski definition) is 1. The van der Waals surface area contributed by atoms with E-state index < -0.39 is 18.5 Å². The Morgan fingerprint density at radius 1 is 1.07 bits per heavy atom. The zero-order valence-corrected chi connectivity index (χ0v) is 17.3. The molecule has 1 aliphatic rings. The molecule has 154 valence electrons. The number of benzene rings is 2. The van der Waals surface area contributed by atoms with Crippen molar-refractivity contribution in [3.05, 3.63) is 76.0 Å². The third-order valence-corrected chi connectivity index (χ3v) is 6.36. The van der Waals surface area contributed by atoms with Gasteiger partial charge in [0.1, 0.15) is 0 Å². The summed E-state index contributed by atoms with van der Waals surface area (Å²) in [7, 11) is 0. The first kappa shape index (κ1) is 20.7. The first-order chi connectivity index (χ1) is 14.4. The summed E-state index contributed by atoms with van der Waals surface area (Å²) in [5.74, 6) is -0.404. The lowest BCUT2D eigenvalue weighted by Gasteiger charge is -2.09. The highest BCUT2D eigenvalue weighted by Crippen LogP contribution is 2.41. The maximum atomic E-state index is 12.4. The Labute approximate surface area is 180 Å². The number of hydrogen-bond acceptors (Lipinski definition) is 4. The lowest BCUT2D eigenvalue weighted by molar-refractivity contribution is -0.135. The van der Waals surface area contributed by atoms with Crippen LogP contribution < -0.4 is 5.32 Å². The van der Waals surface area contributed by atoms with Crippen LogP contribution >= 0.6 is 23.1 Å². The molecule has 0 atom stereocenters. The van der Waals surface area contributed by atoms with Crippen molar-refractivity contribution in [2.75, 3.05) is 6.54 Å². The minimum atomic E-state index is -4.21. The lowest BCUT2D eigenvalue weighted by atomic mass is 10.0. The van der Waals surface area contributed by atoms with Gasteiger partial charge in [0.25, 0.3) is 5.91 Å². The molecule has 0 spiro atoms. The van der Waals surface area contributed by atoms with Crippen molar-refractivity contribution in [2.45, 2.75) is 28.8 Å². The number of aliphatic imine (C=N–C) groups is 1. The molecule has 3 aromatic rings. The van der Waals surface area contributed by atoms with Crippen molar-refractivity contribution < 1.29 is 18.0 Å². The molecule has 3 nitrogen and oxygen atoms in total. The van der Waals surface area contributed by atoms with Gasteiger partial charge >= 0.3 is 6.18 Å². The number of alkyl halides is 3. The Morgan fingerprint density at radius 3 is 2.67 bits per heavy atom. The molecule has 0 radical (unpaired) electrons. The summed E-state index contributed by atoms with van der Waals surface area (Å²) < 4.78 is 36.8. The van der Waals surface area contributed by atoms with Crippen LogP contribution in [-0.2, 0) is 0 Å². The highest BCUT2D eigenvalue weighted by molar-refractivity contribution is 7.99. The molecule has 0 unspecified atom stereocenters. The molecular formula is C22H17F3N2OS2. The third kappa shape index (κ3) is 4.76. The predicted molar refractivity (Wildman–Crippen MR) is 114 cm³/mol. The van der Waals surface area contributed by atoms with Crippen molar-refractivity contribution in [1.29, 1.82) is 0 Å². The Bertz CT molecular complexity index is 1090. The summed E-state index contributed by atoms with van der Waals surface area (Å²) in [6, 6.07) is 15.2. The number of carbonyl (C=O) groups is 1. The van der Waals surface area contributed by atoms with Crippen molar-refractivity contribution in [3.8, 4) is 0 Å². The van der Waals surface area contributed by atoms with Gasteiger partial charge in [0.05, 0.1) is 11.4 Å². The molecule has 0 fully saturated rings. The fourth-order valence-corrected chi connectivity index (χ4v) is 4.74. The monoisotopic (exact) mass is 446 g/mol. The van der Waals surface area contributed by atoms with E-state index in [9.17, 15) is 18.0 Å². The van der Waals surface area contributed by atoms with Gasteiger partial charge in [-0.05, 0) is 42.1 Å². The molecule has 1 aliphatic heterocycles. The SMILES string of the molecule is O=C(NCCCC(F)(F)F)c1ccc2c(c1)N=C(c1ccsc1)c1ccccc1S2. The summed E-state index contributed by atoms with van der Waals surface area (Å²) in [5.41, 5.74) is 3.90. The maximum Gasteiger partial charge on any atom is 0.389 e. The summed E-state index contributed by atoms with van der Waals surface area (Å²) in [4.78, 5) is 19.3. The second-order valence-corrected chi connectivity index (χ2v) is 8.59. The van der Waals surface area contributed by atoms with Crippen LogP contribution in [0.3, 0.4) is 0 Å². The number of carbonyl (C=O) groups excluding carboxylic acids is 1. The average Bonchev–Trinajstić information content (AvgIpc) is 3.19. The average molecular weight is 447 g/mol. The Hall–Kier alpha value is -2.58. The van der Waals surface area contributed by atoms with Crippen LogP contribution in [0.5, 0.6) is 0 Å². The van der Waals surface area contributed by atoms with Crippen LogP contribution in [0.2, 0.25) is 0 Å². The van der Waals surface area contributed by atoms with Gasteiger partial charge in [-0.3, -0.25) is 4.79 Å². The van der Waals surface area contributed by atoms with Gasteiger partial charge in [-0.2, -0.15) is 24.5 Å². The number of rotatable bonds is 5. The molecular weight excluding hydrogens is 429 g/mol. The quantitative estimate of drug-likeness (QED) is 0.358. The van der Waals surface area contributed by atoms with E-state index in [0.29, 0.717) is 11.3 Å². The number of thiophene rings is 1. The molecule has 0 aliphatic carbocycles. The van der Waals surface area contributed by atoms with Crippen molar-refractivity contribution in [2.24, 2.45) is 4.99 Å². The topological polar surface area (TPSA) is 41.5 Å². The van der Waals surface area contributed by atoms with Crippen LogP contribution in [-0.4, -0.2) is 24.3 Å². The van der Waals surface area contributed by atoms with Gasteiger partial charge in [0.2, 0.25) is 0 Å². The van der Waals surface area contributed by atoms with Crippen molar-refractivity contribution in [3.63, 3.8) is 0 Å². The van der Waals surface area contributed by atoms with E-state index in [1.54, 1.807) is 35.2 Å². The number of amides is 1. The highest BCUT2D eigenvalue weighted by Gasteiger charge is 2.26. The summed E-state index contributed by atoms with van der Waals surface area (Å²) >= 11 is 3.17. The molecule has 2 heterocycles. The maximum absolute atomic E-state index is 12.4. The van der Waals surface area contributed by atoms with E-state index in [4.69, 9.17) is 4.99 Å². The van der Waals surface area contributed by atoms with E-state index in [1.165, 1.54) is 0 Å². The van der Waals surface area contributed by atoms with E-state index >= 15 is 0 Å². The Morgan fingerprint density at radius 2 is 1.90 bits per heavy atom. The van der Waals surface area contributed by atoms with E-state index in [1.807, 2.05) is 47.2 Å². The minimum absolute atomic E-state index is 0.0287. The molecule has 0 bridgehead atoms. The molecule has 8 heteroatoms. The fraction of sp³-hybridized carbons (Fsp3) is 0.182. The van der Waals surface area contributed by atoms with Crippen LogP contribution in [0.15, 0.2) is 74.1 Å². The van der Waals surface area contributed by atoms with Gasteiger partial charge in [0, 0.05) is 44.8 Å². The van der Waals surface area contributed by atoms with Gasteiger partial charge in [0.15, 0.2) is 0 Å². The summed E-state index contributed by atoms with van der Waals surface area (Å²) in [5, 5.41) is 6.58. The largest absolute Gasteiger partial charge is 0.389 e. The van der Waals surface area contributed by atoms with Crippen LogP contribution in [0.1, 0.15) is 34.3 Å². The molecule has 0 saturated carbocycles. The van der Waals surface area contributed by atoms with Gasteiger partial charge in [-0.15, -0.1) is 0 Å². The van der Waals surface area contributed by atoms with Gasteiger partial charge in [-0.25, -0.2) is 4.99 Å². The molecule has 1 aromatic heterocycles. The molecule has 2 aromatic carbocycles. The van der Waals surface area contributed by atoms with E-state index in [-0.39, 0.29) is 13.0 Å². The first-order valence-corrected chi connectivity index (χ1v) is 11.0. The molecule has 0 saturated heterocycles. The first-order valence-electron chi connectivity index (χ1n) is 9.28. The minimum Gasteiger partial charge on any atom is -0.352 e. The Kier molecular flexibility index (Phi) is 5.97. The molecule has 1 amide bonds. The summed E-state index contributed by atoms with van der Waals surface area (Å²) in [6.07, 6.45) is -5.28. The molecule has 1 N–H and O–H groups in total. The van der Waals surface area contributed by atoms with E-state index in [0.717, 1.165) is 26.6 Å². The fourth-order valence-electron chi connectivity index (χ4n) is 3.09. The van der Waals surface area contributed by atoms with Gasteiger partial charge in [-0.1, -0.05) is 30.0 Å². The summed E-state index contributed by atoms with van der Waals surface area (Å²) in [6.45, 7) is -0.0287. The normalized spacial score (nSPS) is 13.1. The zero-order chi connectivity index (χ0) is 21.1. The molecule has 4 rings (SSSR count). The number of fused-ring (bicyclic) bond motifs is 2. The molecule has 30 heavy (non-hydrogen) atoms. The van der Waals surface area contributed by atoms with Crippen LogP contribution in [0, 0.1) is 0 Å².